The molecular weight excluding hydrogens is 533 g/mol. The summed E-state index contributed by atoms with van der Waals surface area (Å²) in [5, 5.41) is 6.91. The number of aromatic nitrogens is 1. The molecule has 0 amide bonds. The number of ether oxygens (including phenoxy) is 1. The van der Waals surface area contributed by atoms with Gasteiger partial charge in [-0.25, -0.2) is 4.98 Å². The Hall–Kier alpha value is -1.55. The fourth-order valence-corrected chi connectivity index (χ4v) is 3.70. The molecule has 3 rings (SSSR count). The van der Waals surface area contributed by atoms with Crippen LogP contribution in [-0.4, -0.2) is 43.7 Å². The van der Waals surface area contributed by atoms with Crippen LogP contribution in [0, 0.1) is 0 Å². The Balaban J connectivity index is 0.00000280. The van der Waals surface area contributed by atoms with Crippen LogP contribution in [0.15, 0.2) is 52.1 Å². The standard InChI is InChI=1S/C20H26BrN5O.HI/c1-3-27-19-12-15(8-10-23-19)13-24-20(22-2)25-16-9-11-26(14-16)18-7-5-4-6-17(18)21;/h4-8,10,12,16H,3,9,11,13-14H2,1-2H3,(H2,22,24,25);1H. The number of halogens is 2. The molecule has 2 heterocycles. The molecule has 152 valence electrons. The fourth-order valence-electron chi connectivity index (χ4n) is 3.17. The first-order valence-corrected chi connectivity index (χ1v) is 10.0. The van der Waals surface area contributed by atoms with Crippen LogP contribution in [0.2, 0.25) is 0 Å². The summed E-state index contributed by atoms with van der Waals surface area (Å²) in [6.07, 6.45) is 2.84. The third-order valence-electron chi connectivity index (χ3n) is 4.50. The average Bonchev–Trinajstić information content (AvgIpc) is 3.14. The van der Waals surface area contributed by atoms with Crippen LogP contribution in [0.4, 0.5) is 5.69 Å². The minimum atomic E-state index is 0. The monoisotopic (exact) mass is 559 g/mol. The van der Waals surface area contributed by atoms with Gasteiger partial charge in [0.05, 0.1) is 12.3 Å². The van der Waals surface area contributed by atoms with E-state index in [9.17, 15) is 0 Å². The minimum absolute atomic E-state index is 0. The summed E-state index contributed by atoms with van der Waals surface area (Å²) in [4.78, 5) is 11.0. The van der Waals surface area contributed by atoms with Crippen molar-refractivity contribution in [2.45, 2.75) is 25.9 Å². The van der Waals surface area contributed by atoms with E-state index in [1.165, 1.54) is 5.69 Å². The molecular formula is C20H27BrIN5O. The smallest absolute Gasteiger partial charge is 0.213 e. The van der Waals surface area contributed by atoms with Crippen molar-refractivity contribution in [3.8, 4) is 5.88 Å². The van der Waals surface area contributed by atoms with Gasteiger partial charge in [0, 0.05) is 49.5 Å². The number of benzene rings is 1. The van der Waals surface area contributed by atoms with E-state index < -0.39 is 0 Å². The van der Waals surface area contributed by atoms with Gasteiger partial charge in [-0.05, 0) is 53.0 Å². The maximum absolute atomic E-state index is 5.46. The van der Waals surface area contributed by atoms with Gasteiger partial charge in [0.1, 0.15) is 0 Å². The number of hydrogen-bond donors (Lipinski definition) is 2. The number of hydrogen-bond acceptors (Lipinski definition) is 4. The van der Waals surface area contributed by atoms with Crippen molar-refractivity contribution >= 4 is 51.6 Å². The van der Waals surface area contributed by atoms with Gasteiger partial charge in [0.15, 0.2) is 5.96 Å². The molecule has 1 atom stereocenters. The number of pyridine rings is 1. The van der Waals surface area contributed by atoms with Crippen molar-refractivity contribution in [1.29, 1.82) is 0 Å². The molecule has 1 saturated heterocycles. The molecule has 0 saturated carbocycles. The molecule has 0 spiro atoms. The van der Waals surface area contributed by atoms with E-state index in [2.05, 4.69) is 59.6 Å². The van der Waals surface area contributed by atoms with E-state index in [0.29, 0.717) is 25.1 Å². The normalized spacial score (nSPS) is 16.5. The van der Waals surface area contributed by atoms with Crippen molar-refractivity contribution < 1.29 is 4.74 Å². The highest BCUT2D eigenvalue weighted by atomic mass is 127. The van der Waals surface area contributed by atoms with Gasteiger partial charge in [-0.3, -0.25) is 4.99 Å². The van der Waals surface area contributed by atoms with Gasteiger partial charge < -0.3 is 20.3 Å². The number of aliphatic imine (C=N–C) groups is 1. The minimum Gasteiger partial charge on any atom is -0.478 e. The molecule has 0 radical (unpaired) electrons. The molecule has 28 heavy (non-hydrogen) atoms. The Labute approximate surface area is 192 Å². The summed E-state index contributed by atoms with van der Waals surface area (Å²) in [7, 11) is 1.80. The zero-order valence-electron chi connectivity index (χ0n) is 16.2. The van der Waals surface area contributed by atoms with Crippen LogP contribution in [0.1, 0.15) is 18.9 Å². The first-order valence-electron chi connectivity index (χ1n) is 9.24. The first-order chi connectivity index (χ1) is 13.2. The van der Waals surface area contributed by atoms with Crippen LogP contribution in [0.3, 0.4) is 0 Å². The molecule has 2 N–H and O–H groups in total. The number of rotatable bonds is 6. The Morgan fingerprint density at radius 2 is 2.18 bits per heavy atom. The molecule has 1 aliphatic heterocycles. The van der Waals surface area contributed by atoms with Crippen LogP contribution in [0.25, 0.3) is 0 Å². The van der Waals surface area contributed by atoms with Crippen LogP contribution in [-0.2, 0) is 6.54 Å². The largest absolute Gasteiger partial charge is 0.478 e. The van der Waals surface area contributed by atoms with Crippen molar-refractivity contribution in [2.24, 2.45) is 4.99 Å². The number of nitrogens with one attached hydrogen (secondary N) is 2. The second kappa shape index (κ2) is 11.5. The van der Waals surface area contributed by atoms with Crippen molar-refractivity contribution in [2.75, 3.05) is 31.6 Å². The fraction of sp³-hybridized carbons (Fsp3) is 0.400. The Morgan fingerprint density at radius 3 is 2.93 bits per heavy atom. The van der Waals surface area contributed by atoms with Gasteiger partial charge in [-0.15, -0.1) is 24.0 Å². The second-order valence-corrected chi connectivity index (χ2v) is 7.24. The Morgan fingerprint density at radius 1 is 1.36 bits per heavy atom. The quantitative estimate of drug-likeness (QED) is 0.320. The number of guanidine groups is 1. The highest BCUT2D eigenvalue weighted by molar-refractivity contribution is 14.0. The van der Waals surface area contributed by atoms with Crippen LogP contribution in [0.5, 0.6) is 5.88 Å². The van der Waals surface area contributed by atoms with E-state index in [1.807, 2.05) is 25.1 Å². The molecule has 6 nitrogen and oxygen atoms in total. The number of para-hydroxylation sites is 1. The van der Waals surface area contributed by atoms with E-state index >= 15 is 0 Å². The summed E-state index contributed by atoms with van der Waals surface area (Å²) < 4.78 is 6.59. The number of nitrogens with zero attached hydrogens (tertiary/aromatic N) is 3. The maximum Gasteiger partial charge on any atom is 0.213 e. The predicted molar refractivity (Wildman–Crippen MR) is 129 cm³/mol. The van der Waals surface area contributed by atoms with Gasteiger partial charge >= 0.3 is 0 Å². The zero-order chi connectivity index (χ0) is 19.1. The lowest BCUT2D eigenvalue weighted by atomic mass is 10.2. The summed E-state index contributed by atoms with van der Waals surface area (Å²) in [5.74, 6) is 1.46. The lowest BCUT2D eigenvalue weighted by Gasteiger charge is -2.21. The summed E-state index contributed by atoms with van der Waals surface area (Å²) in [5.41, 5.74) is 2.35. The van der Waals surface area contributed by atoms with Gasteiger partial charge in [-0.2, -0.15) is 0 Å². The lowest BCUT2D eigenvalue weighted by Crippen LogP contribution is -2.44. The van der Waals surface area contributed by atoms with Crippen molar-refractivity contribution in [3.05, 3.63) is 52.6 Å². The molecule has 1 aliphatic rings. The summed E-state index contributed by atoms with van der Waals surface area (Å²) in [6.45, 7) is 5.22. The SMILES string of the molecule is CCOc1cc(CNC(=NC)NC2CCN(c3ccccc3Br)C2)ccn1.I. The highest BCUT2D eigenvalue weighted by Crippen LogP contribution is 2.28. The topological polar surface area (TPSA) is 61.8 Å². The zero-order valence-corrected chi connectivity index (χ0v) is 20.1. The van der Waals surface area contributed by atoms with Gasteiger partial charge in [0.2, 0.25) is 5.88 Å². The van der Waals surface area contributed by atoms with Gasteiger partial charge in [0.25, 0.3) is 0 Å². The molecule has 1 aromatic carbocycles. The Bertz CT molecular complexity index is 789. The van der Waals surface area contributed by atoms with Gasteiger partial charge in [-0.1, -0.05) is 12.1 Å². The molecule has 1 fully saturated rings. The second-order valence-electron chi connectivity index (χ2n) is 6.39. The van der Waals surface area contributed by atoms with Crippen molar-refractivity contribution in [3.63, 3.8) is 0 Å². The van der Waals surface area contributed by atoms with E-state index in [0.717, 1.165) is 35.5 Å². The average molecular weight is 560 g/mol. The van der Waals surface area contributed by atoms with Crippen molar-refractivity contribution in [1.82, 2.24) is 15.6 Å². The van der Waals surface area contributed by atoms with Crippen LogP contribution < -0.4 is 20.3 Å². The number of anilines is 1. The molecule has 1 aromatic heterocycles. The predicted octanol–water partition coefficient (Wildman–Crippen LogP) is 3.80. The molecule has 2 aromatic rings. The van der Waals surface area contributed by atoms with E-state index in [1.54, 1.807) is 13.2 Å². The first kappa shape index (κ1) is 22.7. The molecule has 1 unspecified atom stereocenters. The summed E-state index contributed by atoms with van der Waals surface area (Å²) in [6, 6.07) is 12.6. The Kier molecular flexibility index (Phi) is 9.30. The lowest BCUT2D eigenvalue weighted by molar-refractivity contribution is 0.326. The molecule has 0 aliphatic carbocycles. The molecule has 8 heteroatoms. The maximum atomic E-state index is 5.46. The summed E-state index contributed by atoms with van der Waals surface area (Å²) >= 11 is 3.64. The molecule has 0 bridgehead atoms. The van der Waals surface area contributed by atoms with E-state index in [4.69, 9.17) is 4.74 Å². The third-order valence-corrected chi connectivity index (χ3v) is 5.17. The van der Waals surface area contributed by atoms with E-state index in [-0.39, 0.29) is 24.0 Å². The third kappa shape index (κ3) is 6.23. The van der Waals surface area contributed by atoms with Crippen LogP contribution >= 0.6 is 39.9 Å². The highest BCUT2D eigenvalue weighted by Gasteiger charge is 2.24.